The van der Waals surface area contributed by atoms with Crippen molar-refractivity contribution in [2.24, 2.45) is 5.73 Å². The van der Waals surface area contributed by atoms with E-state index in [4.69, 9.17) is 5.73 Å². The molecule has 2 nitrogen and oxygen atoms in total. The molecule has 0 aliphatic carbocycles. The van der Waals surface area contributed by atoms with E-state index in [0.29, 0.717) is 0 Å². The summed E-state index contributed by atoms with van der Waals surface area (Å²) < 4.78 is 12.2. The second-order valence-corrected chi connectivity index (χ2v) is 6.89. The van der Waals surface area contributed by atoms with Crippen LogP contribution in [0.4, 0.5) is 0 Å². The molecule has 0 heterocycles. The normalized spacial score (nSPS) is 18.4. The number of hydrogen-bond donors (Lipinski definition) is 1. The molecule has 0 bridgehead atoms. The van der Waals surface area contributed by atoms with Crippen molar-refractivity contribution in [2.45, 2.75) is 50.7 Å². The summed E-state index contributed by atoms with van der Waals surface area (Å²) in [7, 11) is -0.870. The molecule has 96 valence electrons. The molecule has 0 aromatic heterocycles. The van der Waals surface area contributed by atoms with Gasteiger partial charge in [0.2, 0.25) is 0 Å². The molecule has 0 saturated carbocycles. The smallest absolute Gasteiger partial charge is 0.0515 e. The van der Waals surface area contributed by atoms with Gasteiger partial charge < -0.3 is 5.73 Å². The van der Waals surface area contributed by atoms with Crippen molar-refractivity contribution in [1.82, 2.24) is 0 Å². The number of hydrogen-bond acceptors (Lipinski definition) is 2. The summed E-state index contributed by atoms with van der Waals surface area (Å²) in [5.41, 5.74) is 8.48. The van der Waals surface area contributed by atoms with E-state index in [9.17, 15) is 4.21 Å². The van der Waals surface area contributed by atoms with Gasteiger partial charge in [-0.3, -0.25) is 4.21 Å². The van der Waals surface area contributed by atoms with Gasteiger partial charge >= 0.3 is 0 Å². The van der Waals surface area contributed by atoms with E-state index in [1.165, 1.54) is 5.56 Å². The number of aryl methyl sites for hydroxylation is 1. The molecular formula is C14H23NOS. The van der Waals surface area contributed by atoms with Crippen molar-refractivity contribution in [2.75, 3.05) is 0 Å². The summed E-state index contributed by atoms with van der Waals surface area (Å²) in [6.45, 7) is 8.12. The summed E-state index contributed by atoms with van der Waals surface area (Å²) in [4.78, 5) is 0. The van der Waals surface area contributed by atoms with Crippen molar-refractivity contribution in [3.63, 3.8) is 0 Å². The van der Waals surface area contributed by atoms with Crippen molar-refractivity contribution < 1.29 is 4.21 Å². The Hall–Kier alpha value is -0.670. The molecule has 17 heavy (non-hydrogen) atoms. The van der Waals surface area contributed by atoms with Gasteiger partial charge in [0, 0.05) is 22.1 Å². The molecule has 0 saturated heterocycles. The van der Waals surface area contributed by atoms with Crippen LogP contribution in [0.25, 0.3) is 0 Å². The van der Waals surface area contributed by atoms with Crippen molar-refractivity contribution in [3.8, 4) is 0 Å². The summed E-state index contributed by atoms with van der Waals surface area (Å²) >= 11 is 0. The maximum atomic E-state index is 12.2. The summed E-state index contributed by atoms with van der Waals surface area (Å²) in [5.74, 6) is 0. The lowest BCUT2D eigenvalue weighted by Gasteiger charge is -2.22. The van der Waals surface area contributed by atoms with E-state index in [-0.39, 0.29) is 16.5 Å². The van der Waals surface area contributed by atoms with Gasteiger partial charge in [0.05, 0.1) is 5.25 Å². The fourth-order valence-electron chi connectivity index (χ4n) is 1.73. The topological polar surface area (TPSA) is 43.1 Å². The first-order valence-electron chi connectivity index (χ1n) is 6.18. The van der Waals surface area contributed by atoms with Crippen molar-refractivity contribution in [3.05, 3.63) is 35.4 Å². The van der Waals surface area contributed by atoms with Crippen LogP contribution < -0.4 is 5.73 Å². The van der Waals surface area contributed by atoms with Crippen molar-refractivity contribution >= 4 is 10.8 Å². The van der Waals surface area contributed by atoms with E-state index in [0.717, 1.165) is 12.0 Å². The molecule has 4 atom stereocenters. The van der Waals surface area contributed by atoms with Crippen LogP contribution in [0.15, 0.2) is 24.3 Å². The Balaban J connectivity index is 2.79. The molecule has 1 aromatic carbocycles. The van der Waals surface area contributed by atoms with Gasteiger partial charge in [-0.25, -0.2) is 0 Å². The molecule has 0 radical (unpaired) electrons. The van der Waals surface area contributed by atoms with Gasteiger partial charge in [0.1, 0.15) is 0 Å². The standard InChI is InChI=1S/C14H23NOS/c1-5-11(3)17(16)12(4)14(15)13-8-6-10(2)7-9-13/h6-9,11-12,14H,5,15H2,1-4H3. The predicted octanol–water partition coefficient (Wildman–Crippen LogP) is 2.93. The van der Waals surface area contributed by atoms with E-state index < -0.39 is 10.8 Å². The molecule has 4 unspecified atom stereocenters. The third-order valence-corrected chi connectivity index (χ3v) is 5.46. The fraction of sp³-hybridized carbons (Fsp3) is 0.571. The van der Waals surface area contributed by atoms with Crippen LogP contribution >= 0.6 is 0 Å². The highest BCUT2D eigenvalue weighted by molar-refractivity contribution is 7.86. The van der Waals surface area contributed by atoms with Gasteiger partial charge in [-0.1, -0.05) is 43.7 Å². The van der Waals surface area contributed by atoms with Gasteiger partial charge in [-0.15, -0.1) is 0 Å². The van der Waals surface area contributed by atoms with Crippen LogP contribution in [0.1, 0.15) is 44.4 Å². The van der Waals surface area contributed by atoms with Crippen LogP contribution in [-0.4, -0.2) is 14.7 Å². The molecule has 0 aliphatic heterocycles. The maximum absolute atomic E-state index is 12.2. The van der Waals surface area contributed by atoms with E-state index in [1.807, 2.05) is 38.1 Å². The van der Waals surface area contributed by atoms with E-state index >= 15 is 0 Å². The third kappa shape index (κ3) is 3.65. The molecule has 0 amide bonds. The average Bonchev–Trinajstić information content (AvgIpc) is 2.36. The lowest BCUT2D eigenvalue weighted by molar-refractivity contribution is 0.630. The largest absolute Gasteiger partial charge is 0.323 e. The lowest BCUT2D eigenvalue weighted by atomic mass is 10.0. The van der Waals surface area contributed by atoms with Crippen LogP contribution in [0.5, 0.6) is 0 Å². The van der Waals surface area contributed by atoms with Gasteiger partial charge in [-0.05, 0) is 25.8 Å². The quantitative estimate of drug-likeness (QED) is 0.876. The highest BCUT2D eigenvalue weighted by atomic mass is 32.2. The van der Waals surface area contributed by atoms with E-state index in [1.54, 1.807) is 0 Å². The zero-order valence-corrected chi connectivity index (χ0v) is 12.0. The minimum atomic E-state index is -0.870. The molecule has 3 heteroatoms. The monoisotopic (exact) mass is 253 g/mol. The Morgan fingerprint density at radius 1 is 1.24 bits per heavy atom. The highest BCUT2D eigenvalue weighted by Crippen LogP contribution is 2.21. The SMILES string of the molecule is CCC(C)S(=O)C(C)C(N)c1ccc(C)cc1. The second-order valence-electron chi connectivity index (χ2n) is 4.69. The maximum Gasteiger partial charge on any atom is 0.0515 e. The first-order chi connectivity index (χ1) is 7.97. The van der Waals surface area contributed by atoms with Gasteiger partial charge in [0.15, 0.2) is 0 Å². The summed E-state index contributed by atoms with van der Waals surface area (Å²) in [6, 6.07) is 8.02. The Bertz CT molecular complexity index is 374. The van der Waals surface area contributed by atoms with Crippen LogP contribution in [0.3, 0.4) is 0 Å². The summed E-state index contributed by atoms with van der Waals surface area (Å²) in [6.07, 6.45) is 0.928. The Morgan fingerprint density at radius 3 is 2.24 bits per heavy atom. The second kappa shape index (κ2) is 6.31. The number of rotatable bonds is 5. The molecule has 1 aromatic rings. The molecule has 1 rings (SSSR count). The minimum absolute atomic E-state index is 0.00680. The minimum Gasteiger partial charge on any atom is -0.323 e. The number of benzene rings is 1. The number of nitrogens with two attached hydrogens (primary N) is 1. The van der Waals surface area contributed by atoms with Crippen LogP contribution in [-0.2, 0) is 10.8 Å². The van der Waals surface area contributed by atoms with Crippen molar-refractivity contribution in [1.29, 1.82) is 0 Å². The van der Waals surface area contributed by atoms with Gasteiger partial charge in [0.25, 0.3) is 0 Å². The summed E-state index contributed by atoms with van der Waals surface area (Å²) in [5, 5.41) is 0.203. The first kappa shape index (κ1) is 14.4. The Labute approximate surface area is 107 Å². The van der Waals surface area contributed by atoms with E-state index in [2.05, 4.69) is 13.8 Å². The van der Waals surface area contributed by atoms with Crippen LogP contribution in [0.2, 0.25) is 0 Å². The fourth-order valence-corrected chi connectivity index (χ4v) is 3.24. The predicted molar refractivity (Wildman–Crippen MR) is 75.5 cm³/mol. The highest BCUT2D eigenvalue weighted by Gasteiger charge is 2.23. The molecule has 0 spiro atoms. The molecule has 0 aliphatic rings. The molecule has 0 fully saturated rings. The average molecular weight is 253 g/mol. The Kier molecular flexibility index (Phi) is 5.34. The molecule has 2 N–H and O–H groups in total. The third-order valence-electron chi connectivity index (χ3n) is 3.31. The van der Waals surface area contributed by atoms with Gasteiger partial charge in [-0.2, -0.15) is 0 Å². The first-order valence-corrected chi connectivity index (χ1v) is 7.46. The molecular weight excluding hydrogens is 230 g/mol. The van der Waals surface area contributed by atoms with Crippen LogP contribution in [0, 0.1) is 6.92 Å². The lowest BCUT2D eigenvalue weighted by Crippen LogP contribution is -2.31. The zero-order valence-electron chi connectivity index (χ0n) is 11.1. The zero-order chi connectivity index (χ0) is 13.0. The Morgan fingerprint density at radius 2 is 1.76 bits per heavy atom.